The molecule has 0 fully saturated rings. The monoisotopic (exact) mass is 385 g/mol. The molecule has 2 aromatic rings. The number of rotatable bonds is 7. The fraction of sp³-hybridized carbons (Fsp3) is 0.444. The van der Waals surface area contributed by atoms with Gasteiger partial charge in [-0.25, -0.2) is 4.98 Å². The lowest BCUT2D eigenvalue weighted by atomic mass is 9.94. The second-order valence-corrected chi connectivity index (χ2v) is 7.10. The van der Waals surface area contributed by atoms with Crippen LogP contribution in [0.2, 0.25) is 0 Å². The summed E-state index contributed by atoms with van der Waals surface area (Å²) in [6, 6.07) is 5.01. The molecule has 0 saturated carbocycles. The standard InChI is InChI=1S/C18H22F3N3OS/c1-3-17(22,4-2)11-23-15(25)9-14-10-26-16(24-14)12-6-5-7-13(8-12)18(19,20)21/h5-8,10H,3-4,9,11,22H2,1-2H3,(H,23,25). The van der Waals surface area contributed by atoms with Crippen LogP contribution in [0.15, 0.2) is 29.6 Å². The number of halogens is 3. The smallest absolute Gasteiger partial charge is 0.354 e. The Hall–Kier alpha value is -1.93. The van der Waals surface area contributed by atoms with E-state index in [4.69, 9.17) is 5.73 Å². The van der Waals surface area contributed by atoms with Gasteiger partial charge in [0.1, 0.15) is 5.01 Å². The van der Waals surface area contributed by atoms with Crippen LogP contribution >= 0.6 is 11.3 Å². The highest BCUT2D eigenvalue weighted by Crippen LogP contribution is 2.33. The van der Waals surface area contributed by atoms with Crippen LogP contribution < -0.4 is 11.1 Å². The minimum atomic E-state index is -4.40. The van der Waals surface area contributed by atoms with Crippen molar-refractivity contribution in [2.24, 2.45) is 5.73 Å². The van der Waals surface area contributed by atoms with Crippen LogP contribution in [-0.2, 0) is 17.4 Å². The van der Waals surface area contributed by atoms with E-state index in [2.05, 4.69) is 10.3 Å². The van der Waals surface area contributed by atoms with Gasteiger partial charge in [-0.2, -0.15) is 13.2 Å². The Bertz CT molecular complexity index is 754. The molecule has 8 heteroatoms. The number of carbonyl (C=O) groups excluding carboxylic acids is 1. The average Bonchev–Trinajstić information content (AvgIpc) is 3.07. The average molecular weight is 385 g/mol. The predicted molar refractivity (Wildman–Crippen MR) is 96.8 cm³/mol. The number of nitrogens with one attached hydrogen (secondary N) is 1. The van der Waals surface area contributed by atoms with Gasteiger partial charge in [-0.15, -0.1) is 11.3 Å². The Morgan fingerprint density at radius 3 is 2.58 bits per heavy atom. The Morgan fingerprint density at radius 1 is 1.27 bits per heavy atom. The fourth-order valence-corrected chi connectivity index (χ4v) is 3.17. The molecule has 0 unspecified atom stereocenters. The Morgan fingerprint density at radius 2 is 1.96 bits per heavy atom. The first-order chi connectivity index (χ1) is 12.2. The van der Waals surface area contributed by atoms with Crippen molar-refractivity contribution in [1.29, 1.82) is 0 Å². The summed E-state index contributed by atoms with van der Waals surface area (Å²) in [5, 5.41) is 4.94. The molecule has 0 aliphatic heterocycles. The molecule has 1 aromatic carbocycles. The topological polar surface area (TPSA) is 68.0 Å². The molecule has 3 N–H and O–H groups in total. The van der Waals surface area contributed by atoms with Gasteiger partial charge in [-0.3, -0.25) is 4.79 Å². The van der Waals surface area contributed by atoms with E-state index in [0.29, 0.717) is 22.8 Å². The van der Waals surface area contributed by atoms with Gasteiger partial charge in [0, 0.05) is 23.0 Å². The number of nitrogens with zero attached hydrogens (tertiary/aromatic N) is 1. The number of carbonyl (C=O) groups is 1. The van der Waals surface area contributed by atoms with Gasteiger partial charge in [0.05, 0.1) is 17.7 Å². The summed E-state index contributed by atoms with van der Waals surface area (Å²) in [6.45, 7) is 4.32. The van der Waals surface area contributed by atoms with E-state index in [1.54, 1.807) is 11.4 Å². The molecule has 4 nitrogen and oxygen atoms in total. The molecule has 26 heavy (non-hydrogen) atoms. The highest BCUT2D eigenvalue weighted by molar-refractivity contribution is 7.13. The Kier molecular flexibility index (Phi) is 6.41. The molecular weight excluding hydrogens is 363 g/mol. The van der Waals surface area contributed by atoms with E-state index >= 15 is 0 Å². The number of alkyl halides is 3. The van der Waals surface area contributed by atoms with E-state index in [1.165, 1.54) is 17.4 Å². The van der Waals surface area contributed by atoms with Crippen LogP contribution in [0.4, 0.5) is 13.2 Å². The van der Waals surface area contributed by atoms with Gasteiger partial charge in [0.2, 0.25) is 5.91 Å². The zero-order valence-corrected chi connectivity index (χ0v) is 15.5. The van der Waals surface area contributed by atoms with Crippen LogP contribution in [0.3, 0.4) is 0 Å². The molecule has 0 spiro atoms. The summed E-state index contributed by atoms with van der Waals surface area (Å²) in [6.07, 6.45) is -2.83. The lowest BCUT2D eigenvalue weighted by molar-refractivity contribution is -0.137. The third kappa shape index (κ3) is 5.28. The van der Waals surface area contributed by atoms with Crippen molar-refractivity contribution in [2.45, 2.75) is 44.8 Å². The van der Waals surface area contributed by atoms with Crippen molar-refractivity contribution in [2.75, 3.05) is 6.54 Å². The van der Waals surface area contributed by atoms with Crippen molar-refractivity contribution in [3.8, 4) is 10.6 Å². The van der Waals surface area contributed by atoms with E-state index in [1.807, 2.05) is 13.8 Å². The Labute approximate surface area is 154 Å². The normalized spacial score (nSPS) is 12.2. The molecule has 142 valence electrons. The molecule has 1 aromatic heterocycles. The van der Waals surface area contributed by atoms with Gasteiger partial charge in [-0.05, 0) is 25.0 Å². The number of hydrogen-bond acceptors (Lipinski definition) is 4. The molecule has 0 radical (unpaired) electrons. The SMILES string of the molecule is CCC(N)(CC)CNC(=O)Cc1csc(-c2cccc(C(F)(F)F)c2)n1. The lowest BCUT2D eigenvalue weighted by Crippen LogP contribution is -2.49. The highest BCUT2D eigenvalue weighted by atomic mass is 32.1. The zero-order chi connectivity index (χ0) is 19.4. The number of nitrogens with two attached hydrogens (primary N) is 1. The fourth-order valence-electron chi connectivity index (χ4n) is 2.35. The quantitative estimate of drug-likeness (QED) is 0.757. The van der Waals surface area contributed by atoms with Crippen molar-refractivity contribution in [3.05, 3.63) is 40.9 Å². The molecule has 0 bridgehead atoms. The zero-order valence-electron chi connectivity index (χ0n) is 14.7. The van der Waals surface area contributed by atoms with Gasteiger partial charge in [0.15, 0.2) is 0 Å². The largest absolute Gasteiger partial charge is 0.416 e. The molecule has 1 amide bonds. The summed E-state index contributed by atoms with van der Waals surface area (Å²) in [5.41, 5.74) is 5.91. The van der Waals surface area contributed by atoms with Gasteiger partial charge < -0.3 is 11.1 Å². The first kappa shape index (κ1) is 20.4. The second kappa shape index (κ2) is 8.18. The van der Waals surface area contributed by atoms with Crippen molar-refractivity contribution in [3.63, 3.8) is 0 Å². The van der Waals surface area contributed by atoms with Gasteiger partial charge >= 0.3 is 6.18 Å². The van der Waals surface area contributed by atoms with Crippen LogP contribution in [0.1, 0.15) is 37.9 Å². The maximum absolute atomic E-state index is 12.8. The molecule has 0 aliphatic rings. The maximum Gasteiger partial charge on any atom is 0.416 e. The van der Waals surface area contributed by atoms with E-state index in [0.717, 1.165) is 25.0 Å². The third-order valence-corrected chi connectivity index (χ3v) is 5.32. The van der Waals surface area contributed by atoms with Crippen LogP contribution in [0.25, 0.3) is 10.6 Å². The maximum atomic E-state index is 12.8. The minimum Gasteiger partial charge on any atom is -0.354 e. The molecule has 2 rings (SSSR count). The number of thiazole rings is 1. The van der Waals surface area contributed by atoms with Crippen LogP contribution in [-0.4, -0.2) is 23.0 Å². The van der Waals surface area contributed by atoms with Crippen molar-refractivity contribution >= 4 is 17.2 Å². The molecule has 0 aliphatic carbocycles. The summed E-state index contributed by atoms with van der Waals surface area (Å²) in [4.78, 5) is 16.4. The number of hydrogen-bond donors (Lipinski definition) is 2. The van der Waals surface area contributed by atoms with E-state index < -0.39 is 17.3 Å². The predicted octanol–water partition coefficient (Wildman–Crippen LogP) is 4.01. The molecule has 0 atom stereocenters. The van der Waals surface area contributed by atoms with Crippen LogP contribution in [0, 0.1) is 0 Å². The minimum absolute atomic E-state index is 0.0684. The molecule has 1 heterocycles. The summed E-state index contributed by atoms with van der Waals surface area (Å²) in [7, 11) is 0. The number of amides is 1. The first-order valence-corrected chi connectivity index (χ1v) is 9.22. The van der Waals surface area contributed by atoms with Gasteiger partial charge in [-0.1, -0.05) is 26.0 Å². The number of benzene rings is 1. The summed E-state index contributed by atoms with van der Waals surface area (Å²) < 4.78 is 38.5. The Balaban J connectivity index is 2.03. The van der Waals surface area contributed by atoms with Crippen LogP contribution in [0.5, 0.6) is 0 Å². The highest BCUT2D eigenvalue weighted by Gasteiger charge is 2.30. The van der Waals surface area contributed by atoms with E-state index in [9.17, 15) is 18.0 Å². The summed E-state index contributed by atoms with van der Waals surface area (Å²) >= 11 is 1.21. The third-order valence-electron chi connectivity index (χ3n) is 4.38. The van der Waals surface area contributed by atoms with Gasteiger partial charge in [0.25, 0.3) is 0 Å². The molecule has 0 saturated heterocycles. The second-order valence-electron chi connectivity index (χ2n) is 6.25. The molecular formula is C18H22F3N3OS. The lowest BCUT2D eigenvalue weighted by Gasteiger charge is -2.26. The van der Waals surface area contributed by atoms with Crippen molar-refractivity contribution < 1.29 is 18.0 Å². The first-order valence-electron chi connectivity index (χ1n) is 8.34. The van der Waals surface area contributed by atoms with E-state index in [-0.39, 0.29) is 12.3 Å². The number of aromatic nitrogens is 1. The summed E-state index contributed by atoms with van der Waals surface area (Å²) in [5.74, 6) is -0.206. The van der Waals surface area contributed by atoms with Crippen molar-refractivity contribution in [1.82, 2.24) is 10.3 Å².